The normalized spacial score (nSPS) is 18.2. The third kappa shape index (κ3) is 4.47. The van der Waals surface area contributed by atoms with Crippen molar-refractivity contribution >= 4 is 23.4 Å². The minimum atomic E-state index is -0.510. The monoisotopic (exact) mass is 352 g/mol. The first-order valence-corrected chi connectivity index (χ1v) is 8.65. The van der Waals surface area contributed by atoms with E-state index in [2.05, 4.69) is 0 Å². The summed E-state index contributed by atoms with van der Waals surface area (Å²) in [5, 5.41) is 0.613. The van der Waals surface area contributed by atoms with Gasteiger partial charge in [-0.2, -0.15) is 0 Å². The third-order valence-corrected chi connectivity index (χ3v) is 4.62. The number of piperazine rings is 1. The summed E-state index contributed by atoms with van der Waals surface area (Å²) in [6.45, 7) is 4.28. The topological polar surface area (TPSA) is 92.7 Å². The van der Waals surface area contributed by atoms with Crippen LogP contribution in [-0.4, -0.2) is 53.8 Å². The second kappa shape index (κ2) is 8.46. The van der Waals surface area contributed by atoms with Crippen molar-refractivity contribution in [3.8, 4) is 0 Å². The van der Waals surface area contributed by atoms with E-state index in [0.29, 0.717) is 37.6 Å². The van der Waals surface area contributed by atoms with E-state index in [1.165, 1.54) is 0 Å². The van der Waals surface area contributed by atoms with Crippen LogP contribution in [0.4, 0.5) is 0 Å². The molecule has 2 amide bonds. The fraction of sp³-hybridized carbons (Fsp3) is 0.529. The zero-order chi connectivity index (χ0) is 17.7. The maximum Gasteiger partial charge on any atom is 0.239 e. The van der Waals surface area contributed by atoms with E-state index in [0.717, 1.165) is 12.0 Å². The summed E-state index contributed by atoms with van der Waals surface area (Å²) in [6.07, 6.45) is 1.57. The number of nitrogens with two attached hydrogens (primary N) is 2. The third-order valence-electron chi connectivity index (χ3n) is 4.36. The van der Waals surface area contributed by atoms with Crippen LogP contribution < -0.4 is 11.5 Å². The second-order valence-corrected chi connectivity index (χ2v) is 6.55. The molecule has 1 aliphatic heterocycles. The summed E-state index contributed by atoms with van der Waals surface area (Å²) >= 11 is 5.91. The Morgan fingerprint density at radius 3 is 2.25 bits per heavy atom. The van der Waals surface area contributed by atoms with Gasteiger partial charge in [0.2, 0.25) is 11.8 Å². The van der Waals surface area contributed by atoms with Crippen LogP contribution in [0.2, 0.25) is 5.02 Å². The summed E-state index contributed by atoms with van der Waals surface area (Å²) in [5.41, 5.74) is 12.3. The molecule has 6 nitrogen and oxygen atoms in total. The number of benzene rings is 1. The molecular formula is C17H25ClN4O2. The minimum absolute atomic E-state index is 0.0152. The van der Waals surface area contributed by atoms with Gasteiger partial charge in [0, 0.05) is 31.2 Å². The van der Waals surface area contributed by atoms with Crippen molar-refractivity contribution in [2.75, 3.05) is 26.2 Å². The number of carbonyl (C=O) groups excluding carboxylic acids is 2. The predicted molar refractivity (Wildman–Crippen MR) is 94.4 cm³/mol. The summed E-state index contributed by atoms with van der Waals surface area (Å²) < 4.78 is 0. The molecule has 1 aliphatic rings. The Hall–Kier alpha value is -1.63. The van der Waals surface area contributed by atoms with E-state index in [1.807, 2.05) is 24.0 Å². The number of nitrogens with zero attached hydrogens (tertiary/aromatic N) is 2. The molecule has 0 saturated carbocycles. The molecule has 1 saturated heterocycles. The largest absolute Gasteiger partial charge is 0.368 e. The highest BCUT2D eigenvalue weighted by Gasteiger charge is 2.31. The minimum Gasteiger partial charge on any atom is -0.368 e. The fourth-order valence-electron chi connectivity index (χ4n) is 3.07. The van der Waals surface area contributed by atoms with Gasteiger partial charge in [-0.3, -0.25) is 14.5 Å². The molecule has 1 aromatic rings. The van der Waals surface area contributed by atoms with Gasteiger partial charge in [0.15, 0.2) is 0 Å². The molecule has 132 valence electrons. The lowest BCUT2D eigenvalue weighted by Gasteiger charge is -2.39. The average molecular weight is 353 g/mol. The number of carbonyl (C=O) groups is 2. The van der Waals surface area contributed by atoms with E-state index < -0.39 is 18.0 Å². The molecule has 1 heterocycles. The smallest absolute Gasteiger partial charge is 0.239 e. The molecule has 4 N–H and O–H groups in total. The summed E-state index contributed by atoms with van der Waals surface area (Å²) in [7, 11) is 0. The number of hydrogen-bond donors (Lipinski definition) is 2. The Kier molecular flexibility index (Phi) is 6.60. The number of halogens is 1. The van der Waals surface area contributed by atoms with Crippen LogP contribution in [0.15, 0.2) is 24.3 Å². The molecule has 0 aromatic heterocycles. The van der Waals surface area contributed by atoms with E-state index in [1.54, 1.807) is 17.0 Å². The zero-order valence-corrected chi connectivity index (χ0v) is 14.7. The van der Waals surface area contributed by atoms with Crippen molar-refractivity contribution in [1.82, 2.24) is 9.80 Å². The van der Waals surface area contributed by atoms with Gasteiger partial charge in [0.05, 0.1) is 6.04 Å². The molecule has 2 unspecified atom stereocenters. The Labute approximate surface area is 147 Å². The summed E-state index contributed by atoms with van der Waals surface area (Å²) in [4.78, 5) is 28.0. The van der Waals surface area contributed by atoms with Crippen LogP contribution in [0, 0.1) is 0 Å². The van der Waals surface area contributed by atoms with Crippen LogP contribution in [-0.2, 0) is 9.59 Å². The van der Waals surface area contributed by atoms with Gasteiger partial charge >= 0.3 is 0 Å². The predicted octanol–water partition coefficient (Wildman–Crippen LogP) is 1.14. The quantitative estimate of drug-likeness (QED) is 0.802. The number of primary amides is 1. The van der Waals surface area contributed by atoms with E-state index in [4.69, 9.17) is 23.1 Å². The van der Waals surface area contributed by atoms with Crippen molar-refractivity contribution in [1.29, 1.82) is 0 Å². The first-order chi connectivity index (χ1) is 11.4. The van der Waals surface area contributed by atoms with E-state index in [9.17, 15) is 9.59 Å². The standard InChI is InChI=1S/C17H25ClN4O2/c1-2-3-14(19)17(24)22-10-8-21(9-11-22)15(16(20)23)12-4-6-13(18)7-5-12/h4-7,14-15H,2-3,8-11,19H2,1H3,(H2,20,23). The van der Waals surface area contributed by atoms with Gasteiger partial charge in [-0.05, 0) is 24.1 Å². The Morgan fingerprint density at radius 1 is 1.17 bits per heavy atom. The molecule has 24 heavy (non-hydrogen) atoms. The highest BCUT2D eigenvalue weighted by Crippen LogP contribution is 2.23. The van der Waals surface area contributed by atoms with Crippen LogP contribution >= 0.6 is 11.6 Å². The number of hydrogen-bond acceptors (Lipinski definition) is 4. The number of amides is 2. The lowest BCUT2D eigenvalue weighted by molar-refractivity contribution is -0.135. The highest BCUT2D eigenvalue weighted by atomic mass is 35.5. The molecule has 2 atom stereocenters. The van der Waals surface area contributed by atoms with Crippen molar-refractivity contribution in [3.63, 3.8) is 0 Å². The SMILES string of the molecule is CCCC(N)C(=O)N1CCN(C(C(N)=O)c2ccc(Cl)cc2)CC1. The van der Waals surface area contributed by atoms with Gasteiger partial charge < -0.3 is 16.4 Å². The van der Waals surface area contributed by atoms with Gasteiger partial charge in [0.25, 0.3) is 0 Å². The van der Waals surface area contributed by atoms with Gasteiger partial charge in [-0.1, -0.05) is 37.1 Å². The average Bonchev–Trinajstić information content (AvgIpc) is 2.57. The summed E-state index contributed by atoms with van der Waals surface area (Å²) in [5.74, 6) is -0.418. The van der Waals surface area contributed by atoms with Crippen LogP contribution in [0.1, 0.15) is 31.4 Å². The summed E-state index contributed by atoms with van der Waals surface area (Å²) in [6, 6.07) is 6.17. The maximum absolute atomic E-state index is 12.3. The lowest BCUT2D eigenvalue weighted by atomic mass is 10.0. The van der Waals surface area contributed by atoms with Crippen LogP contribution in [0.25, 0.3) is 0 Å². The molecule has 1 aromatic carbocycles. The van der Waals surface area contributed by atoms with Crippen molar-refractivity contribution in [2.45, 2.75) is 31.8 Å². The van der Waals surface area contributed by atoms with Crippen LogP contribution in [0.3, 0.4) is 0 Å². The molecule has 0 radical (unpaired) electrons. The highest BCUT2D eigenvalue weighted by molar-refractivity contribution is 6.30. The maximum atomic E-state index is 12.3. The molecule has 0 bridgehead atoms. The fourth-order valence-corrected chi connectivity index (χ4v) is 3.20. The number of rotatable bonds is 6. The van der Waals surface area contributed by atoms with Crippen molar-refractivity contribution in [2.24, 2.45) is 11.5 Å². The molecule has 7 heteroatoms. The van der Waals surface area contributed by atoms with Gasteiger partial charge in [0.1, 0.15) is 6.04 Å². The van der Waals surface area contributed by atoms with Gasteiger partial charge in [-0.15, -0.1) is 0 Å². The van der Waals surface area contributed by atoms with Crippen molar-refractivity contribution < 1.29 is 9.59 Å². The molecule has 0 spiro atoms. The van der Waals surface area contributed by atoms with Crippen LogP contribution in [0.5, 0.6) is 0 Å². The molecule has 0 aliphatic carbocycles. The molecular weight excluding hydrogens is 328 g/mol. The lowest BCUT2D eigenvalue weighted by Crippen LogP contribution is -2.55. The van der Waals surface area contributed by atoms with Crippen molar-refractivity contribution in [3.05, 3.63) is 34.9 Å². The zero-order valence-electron chi connectivity index (χ0n) is 14.0. The van der Waals surface area contributed by atoms with Gasteiger partial charge in [-0.25, -0.2) is 0 Å². The first kappa shape index (κ1) is 18.7. The Bertz CT molecular complexity index is 570. The molecule has 1 fully saturated rings. The Balaban J connectivity index is 2.02. The first-order valence-electron chi connectivity index (χ1n) is 8.27. The second-order valence-electron chi connectivity index (χ2n) is 6.11. The van der Waals surface area contributed by atoms with E-state index in [-0.39, 0.29) is 5.91 Å². The van der Waals surface area contributed by atoms with E-state index >= 15 is 0 Å². The Morgan fingerprint density at radius 2 is 1.75 bits per heavy atom. The molecule has 2 rings (SSSR count).